The highest BCUT2D eigenvalue weighted by Gasteiger charge is 2.40. The number of ether oxygens (including phenoxy) is 1. The van der Waals surface area contributed by atoms with Crippen molar-refractivity contribution in [3.63, 3.8) is 0 Å². The lowest BCUT2D eigenvalue weighted by atomic mass is 10.2. The average Bonchev–Trinajstić information content (AvgIpc) is 2.55. The molecule has 0 atom stereocenters. The molecule has 0 aliphatic carbocycles. The van der Waals surface area contributed by atoms with Gasteiger partial charge in [0.2, 0.25) is 0 Å². The molecule has 0 aromatic heterocycles. The Hall–Kier alpha value is -1.78. The summed E-state index contributed by atoms with van der Waals surface area (Å²) in [4.78, 5) is 11.4. The molecule has 0 saturated carbocycles. The molecule has 5 heteroatoms. The number of hydrogen-bond donors (Lipinski definition) is 0. The Kier molecular flexibility index (Phi) is 5.96. The van der Waals surface area contributed by atoms with Crippen molar-refractivity contribution in [1.29, 1.82) is 0 Å². The first kappa shape index (κ1) is 19.5. The lowest BCUT2D eigenvalue weighted by molar-refractivity contribution is 0.112. The summed E-state index contributed by atoms with van der Waals surface area (Å²) in [6, 6.07) is 13.3. The fourth-order valence-electron chi connectivity index (χ4n) is 2.00. The molecule has 0 heterocycles. The molecular formula is C20H25ClO3Si. The van der Waals surface area contributed by atoms with Crippen LogP contribution in [0, 0.1) is 0 Å². The van der Waals surface area contributed by atoms with E-state index in [-0.39, 0.29) is 5.04 Å². The molecule has 0 amide bonds. The quantitative estimate of drug-likeness (QED) is 0.450. The van der Waals surface area contributed by atoms with Crippen molar-refractivity contribution in [2.75, 3.05) is 0 Å². The fraction of sp³-hybridized carbons (Fsp3) is 0.350. The Morgan fingerprint density at radius 1 is 1.08 bits per heavy atom. The molecule has 0 unspecified atom stereocenters. The first-order valence-corrected chi connectivity index (χ1v) is 11.6. The molecule has 0 bridgehead atoms. The van der Waals surface area contributed by atoms with Crippen LogP contribution in [0.4, 0.5) is 0 Å². The Bertz CT molecular complexity index is 737. The van der Waals surface area contributed by atoms with Gasteiger partial charge in [0.15, 0.2) is 6.29 Å². The maximum Gasteiger partial charge on any atom is 0.250 e. The predicted octanol–water partition coefficient (Wildman–Crippen LogP) is 6.12. The van der Waals surface area contributed by atoms with Gasteiger partial charge in [0.05, 0.1) is 5.56 Å². The number of carbonyl (C=O) groups excluding carboxylic acids is 1. The minimum absolute atomic E-state index is 0.00260. The van der Waals surface area contributed by atoms with Crippen molar-refractivity contribution in [2.24, 2.45) is 0 Å². The van der Waals surface area contributed by atoms with E-state index in [1.807, 2.05) is 30.3 Å². The highest BCUT2D eigenvalue weighted by atomic mass is 35.5. The van der Waals surface area contributed by atoms with Gasteiger partial charge in [-0.15, -0.1) is 0 Å². The van der Waals surface area contributed by atoms with Crippen molar-refractivity contribution in [1.82, 2.24) is 0 Å². The normalized spacial score (nSPS) is 11.9. The summed E-state index contributed by atoms with van der Waals surface area (Å²) in [6.07, 6.45) is 0.773. The first-order chi connectivity index (χ1) is 11.7. The van der Waals surface area contributed by atoms with E-state index in [1.165, 1.54) is 0 Å². The van der Waals surface area contributed by atoms with Gasteiger partial charge in [-0.1, -0.05) is 62.7 Å². The first-order valence-electron chi connectivity index (χ1n) is 8.29. The summed E-state index contributed by atoms with van der Waals surface area (Å²) < 4.78 is 12.2. The third-order valence-corrected chi connectivity index (χ3v) is 9.30. The summed E-state index contributed by atoms with van der Waals surface area (Å²) in [5.41, 5.74) is 1.49. The fourth-order valence-corrected chi connectivity index (χ4v) is 3.37. The number of carbonyl (C=O) groups is 1. The molecule has 0 aliphatic rings. The van der Waals surface area contributed by atoms with Crippen LogP contribution in [0.15, 0.2) is 42.5 Å². The zero-order chi connectivity index (χ0) is 18.7. The summed E-state index contributed by atoms with van der Waals surface area (Å²) in [6.45, 7) is 11.1. The molecule has 25 heavy (non-hydrogen) atoms. The average molecular weight is 377 g/mol. The van der Waals surface area contributed by atoms with Crippen molar-refractivity contribution in [3.05, 3.63) is 58.6 Å². The second kappa shape index (κ2) is 7.62. The van der Waals surface area contributed by atoms with Crippen LogP contribution < -0.4 is 9.16 Å². The van der Waals surface area contributed by atoms with Gasteiger partial charge in [-0.3, -0.25) is 4.79 Å². The molecule has 0 spiro atoms. The Labute approximate surface area is 156 Å². The monoisotopic (exact) mass is 376 g/mol. The molecule has 3 nitrogen and oxygen atoms in total. The molecule has 2 rings (SSSR count). The summed E-state index contributed by atoms with van der Waals surface area (Å²) in [5, 5.41) is 0.350. The third kappa shape index (κ3) is 4.64. The molecule has 0 N–H and O–H groups in total. The van der Waals surface area contributed by atoms with Crippen LogP contribution in [0.2, 0.25) is 23.2 Å². The van der Waals surface area contributed by atoms with Crippen molar-refractivity contribution < 1.29 is 14.0 Å². The Morgan fingerprint density at radius 3 is 2.28 bits per heavy atom. The smallest absolute Gasteiger partial charge is 0.250 e. The summed E-state index contributed by atoms with van der Waals surface area (Å²) >= 11 is 6.53. The topological polar surface area (TPSA) is 35.5 Å². The molecule has 2 aromatic carbocycles. The molecule has 0 radical (unpaired) electrons. The minimum atomic E-state index is -2.13. The number of hydrogen-bond acceptors (Lipinski definition) is 3. The van der Waals surface area contributed by atoms with Crippen LogP contribution in [0.3, 0.4) is 0 Å². The van der Waals surface area contributed by atoms with Crippen molar-refractivity contribution in [3.8, 4) is 11.5 Å². The van der Waals surface area contributed by atoms with Crippen LogP contribution in [0.1, 0.15) is 36.7 Å². The van der Waals surface area contributed by atoms with Gasteiger partial charge >= 0.3 is 0 Å². The van der Waals surface area contributed by atoms with Gasteiger partial charge in [-0.2, -0.15) is 0 Å². The number of aldehydes is 1. The second-order valence-electron chi connectivity index (χ2n) is 7.55. The van der Waals surface area contributed by atoms with Crippen molar-refractivity contribution >= 4 is 26.2 Å². The zero-order valence-corrected chi connectivity index (χ0v) is 17.2. The van der Waals surface area contributed by atoms with Crippen LogP contribution in [0.25, 0.3) is 0 Å². The standard InChI is InChI=1S/C20H25ClO3Si/c1-20(2,3)25(4,5)24-19-16(13-22)11-12-17(18(19)21)23-14-15-9-7-6-8-10-15/h6-13H,14H2,1-5H3. The minimum Gasteiger partial charge on any atom is -0.542 e. The lowest BCUT2D eigenvalue weighted by Crippen LogP contribution is -2.44. The predicted molar refractivity (Wildman–Crippen MR) is 105 cm³/mol. The van der Waals surface area contributed by atoms with E-state index in [1.54, 1.807) is 12.1 Å². The van der Waals surface area contributed by atoms with Crippen LogP contribution >= 0.6 is 11.6 Å². The van der Waals surface area contributed by atoms with Crippen LogP contribution in [-0.2, 0) is 6.61 Å². The SMILES string of the molecule is CC(C)(C)[Si](C)(C)Oc1c(C=O)ccc(OCc2ccccc2)c1Cl. The molecular weight excluding hydrogens is 352 g/mol. The highest BCUT2D eigenvalue weighted by molar-refractivity contribution is 6.74. The van der Waals surface area contributed by atoms with Gasteiger partial charge in [0, 0.05) is 0 Å². The molecule has 134 valence electrons. The van der Waals surface area contributed by atoms with Gasteiger partial charge in [0.25, 0.3) is 8.32 Å². The maximum atomic E-state index is 11.4. The molecule has 0 saturated heterocycles. The van der Waals surface area contributed by atoms with E-state index < -0.39 is 8.32 Å². The Balaban J connectivity index is 2.31. The Morgan fingerprint density at radius 2 is 1.72 bits per heavy atom. The van der Waals surface area contributed by atoms with Crippen LogP contribution in [0.5, 0.6) is 11.5 Å². The second-order valence-corrected chi connectivity index (χ2v) is 12.7. The van der Waals surface area contributed by atoms with Gasteiger partial charge in [-0.25, -0.2) is 0 Å². The molecule has 0 fully saturated rings. The van der Waals surface area contributed by atoms with Gasteiger partial charge in [-0.05, 0) is 35.8 Å². The summed E-state index contributed by atoms with van der Waals surface area (Å²) in [5.74, 6) is 0.943. The summed E-state index contributed by atoms with van der Waals surface area (Å²) in [7, 11) is -2.13. The third-order valence-electron chi connectivity index (χ3n) is 4.62. The van der Waals surface area contributed by atoms with E-state index in [4.69, 9.17) is 20.8 Å². The number of benzene rings is 2. The van der Waals surface area contributed by atoms with E-state index >= 15 is 0 Å². The zero-order valence-electron chi connectivity index (χ0n) is 15.4. The van der Waals surface area contributed by atoms with Gasteiger partial charge in [0.1, 0.15) is 23.1 Å². The van der Waals surface area contributed by atoms with Crippen molar-refractivity contribution in [2.45, 2.75) is 45.5 Å². The largest absolute Gasteiger partial charge is 0.542 e. The number of halogens is 1. The molecule has 2 aromatic rings. The molecule has 0 aliphatic heterocycles. The number of rotatable bonds is 6. The van der Waals surface area contributed by atoms with E-state index in [0.717, 1.165) is 11.8 Å². The van der Waals surface area contributed by atoms with Crippen LogP contribution in [-0.4, -0.2) is 14.6 Å². The van der Waals surface area contributed by atoms with E-state index in [2.05, 4.69) is 33.9 Å². The van der Waals surface area contributed by atoms with E-state index in [0.29, 0.717) is 28.7 Å². The maximum absolute atomic E-state index is 11.4. The highest BCUT2D eigenvalue weighted by Crippen LogP contribution is 2.43. The lowest BCUT2D eigenvalue weighted by Gasteiger charge is -2.37. The van der Waals surface area contributed by atoms with E-state index in [9.17, 15) is 4.79 Å². The van der Waals surface area contributed by atoms with Gasteiger partial charge < -0.3 is 9.16 Å².